The third-order valence-electron chi connectivity index (χ3n) is 3.30. The molecular weight excluding hydrogens is 294 g/mol. The lowest BCUT2D eigenvalue weighted by Gasteiger charge is -2.24. The fourth-order valence-corrected chi connectivity index (χ4v) is 2.46. The molecule has 1 aliphatic heterocycles. The minimum atomic E-state index is -0.330. The van der Waals surface area contributed by atoms with E-state index in [-0.39, 0.29) is 18.5 Å². The Kier molecular flexibility index (Phi) is 3.84. The highest BCUT2D eigenvalue weighted by Gasteiger charge is 2.27. The summed E-state index contributed by atoms with van der Waals surface area (Å²) in [6.07, 6.45) is 0.562. The van der Waals surface area contributed by atoms with Gasteiger partial charge < -0.3 is 14.0 Å². The second-order valence-electron chi connectivity index (χ2n) is 5.00. The molecule has 21 heavy (non-hydrogen) atoms. The minimum absolute atomic E-state index is 0.106. The summed E-state index contributed by atoms with van der Waals surface area (Å²) in [6, 6.07) is 7.14. The van der Waals surface area contributed by atoms with Gasteiger partial charge in [-0.3, -0.25) is 4.79 Å². The quantitative estimate of drug-likeness (QED) is 0.816. The average molecular weight is 308 g/mol. The van der Waals surface area contributed by atoms with E-state index in [2.05, 4.69) is 5.16 Å². The number of hydrogen-bond donors (Lipinski definition) is 0. The maximum absolute atomic E-state index is 12.1. The highest BCUT2D eigenvalue weighted by Crippen LogP contribution is 2.30. The molecule has 1 atom stereocenters. The van der Waals surface area contributed by atoms with Crippen molar-refractivity contribution in [2.24, 2.45) is 5.92 Å². The van der Waals surface area contributed by atoms with Crippen LogP contribution < -0.4 is 4.74 Å². The van der Waals surface area contributed by atoms with E-state index in [1.165, 1.54) is 0 Å². The van der Waals surface area contributed by atoms with Crippen LogP contribution in [0.5, 0.6) is 5.75 Å². The van der Waals surface area contributed by atoms with Gasteiger partial charge in [-0.2, -0.15) is 0 Å². The Morgan fingerprint density at radius 3 is 3.10 bits per heavy atom. The predicted molar refractivity (Wildman–Crippen MR) is 75.2 cm³/mol. The van der Waals surface area contributed by atoms with Crippen molar-refractivity contribution in [1.29, 1.82) is 0 Å². The molecule has 0 saturated heterocycles. The number of carbonyl (C=O) groups excluding carboxylic acids is 1. The van der Waals surface area contributed by atoms with Crippen molar-refractivity contribution < 1.29 is 18.8 Å². The van der Waals surface area contributed by atoms with Gasteiger partial charge in [-0.25, -0.2) is 0 Å². The van der Waals surface area contributed by atoms with Crippen molar-refractivity contribution in [3.05, 3.63) is 46.3 Å². The fourth-order valence-electron chi connectivity index (χ4n) is 2.26. The van der Waals surface area contributed by atoms with Gasteiger partial charge in [0.25, 0.3) is 0 Å². The first-order valence-electron chi connectivity index (χ1n) is 6.62. The van der Waals surface area contributed by atoms with Gasteiger partial charge in [-0.15, -0.1) is 0 Å². The van der Waals surface area contributed by atoms with Crippen molar-refractivity contribution in [3.8, 4) is 5.75 Å². The Labute approximate surface area is 126 Å². The molecule has 0 amide bonds. The van der Waals surface area contributed by atoms with Gasteiger partial charge in [0.05, 0.1) is 5.92 Å². The zero-order valence-electron chi connectivity index (χ0n) is 11.5. The van der Waals surface area contributed by atoms with Crippen molar-refractivity contribution >= 4 is 17.6 Å². The second-order valence-corrected chi connectivity index (χ2v) is 5.44. The molecule has 0 saturated carbocycles. The van der Waals surface area contributed by atoms with Crippen molar-refractivity contribution in [1.82, 2.24) is 5.16 Å². The lowest BCUT2D eigenvalue weighted by Crippen LogP contribution is -2.29. The highest BCUT2D eigenvalue weighted by atomic mass is 35.5. The van der Waals surface area contributed by atoms with Crippen LogP contribution in [0.2, 0.25) is 5.02 Å². The molecule has 0 N–H and O–H groups in total. The summed E-state index contributed by atoms with van der Waals surface area (Å²) in [5.74, 6) is 0.825. The van der Waals surface area contributed by atoms with Gasteiger partial charge in [-0.1, -0.05) is 16.8 Å². The average Bonchev–Trinajstić information content (AvgIpc) is 2.89. The smallest absolute Gasteiger partial charge is 0.313 e. The molecule has 0 radical (unpaired) electrons. The number of aromatic nitrogens is 1. The molecule has 0 bridgehead atoms. The lowest BCUT2D eigenvalue weighted by atomic mass is 9.97. The number of fused-ring (bicyclic) bond motifs is 1. The van der Waals surface area contributed by atoms with Crippen LogP contribution in [0.1, 0.15) is 17.0 Å². The van der Waals surface area contributed by atoms with Crippen LogP contribution in [-0.4, -0.2) is 17.7 Å². The summed E-state index contributed by atoms with van der Waals surface area (Å²) in [5.41, 5.74) is 1.52. The summed E-state index contributed by atoms with van der Waals surface area (Å²) >= 11 is 5.96. The van der Waals surface area contributed by atoms with Crippen LogP contribution in [-0.2, 0) is 22.6 Å². The molecule has 6 heteroatoms. The van der Waals surface area contributed by atoms with Crippen LogP contribution in [0.25, 0.3) is 0 Å². The monoisotopic (exact) mass is 307 g/mol. The minimum Gasteiger partial charge on any atom is -0.492 e. The van der Waals surface area contributed by atoms with E-state index in [4.69, 9.17) is 25.6 Å². The molecule has 0 unspecified atom stereocenters. The molecule has 2 aromatic rings. The van der Waals surface area contributed by atoms with Gasteiger partial charge in [-0.05, 0) is 37.1 Å². The molecule has 2 heterocycles. The van der Waals surface area contributed by atoms with E-state index in [9.17, 15) is 4.79 Å². The van der Waals surface area contributed by atoms with Crippen LogP contribution in [0.15, 0.2) is 28.8 Å². The molecule has 0 spiro atoms. The molecular formula is C15H14ClNO4. The largest absolute Gasteiger partial charge is 0.492 e. The topological polar surface area (TPSA) is 61.6 Å². The first-order chi connectivity index (χ1) is 10.1. The summed E-state index contributed by atoms with van der Waals surface area (Å²) < 4.78 is 15.7. The summed E-state index contributed by atoms with van der Waals surface area (Å²) in [7, 11) is 0. The standard InChI is InChI=1S/C15H14ClNO4/c1-9-4-13(17-21-9)8-20-15(18)11-5-10-6-12(16)2-3-14(10)19-7-11/h2-4,6,11H,5,7-8H2,1H3/t11-/m0/s1. The van der Waals surface area contributed by atoms with E-state index >= 15 is 0 Å². The lowest BCUT2D eigenvalue weighted by molar-refractivity contribution is -0.151. The molecule has 110 valence electrons. The van der Waals surface area contributed by atoms with Gasteiger partial charge >= 0.3 is 5.97 Å². The Bertz CT molecular complexity index is 667. The Balaban J connectivity index is 1.61. The number of benzene rings is 1. The number of hydrogen-bond acceptors (Lipinski definition) is 5. The number of esters is 1. The third-order valence-corrected chi connectivity index (χ3v) is 3.54. The molecule has 1 aromatic heterocycles. The highest BCUT2D eigenvalue weighted by molar-refractivity contribution is 6.30. The second kappa shape index (κ2) is 5.77. The molecule has 3 rings (SSSR count). The number of aryl methyl sites for hydroxylation is 1. The van der Waals surface area contributed by atoms with E-state index in [1.807, 2.05) is 12.1 Å². The molecule has 5 nitrogen and oxygen atoms in total. The zero-order chi connectivity index (χ0) is 14.8. The predicted octanol–water partition coefficient (Wildman–Crippen LogP) is 2.93. The van der Waals surface area contributed by atoms with Crippen molar-refractivity contribution in [2.45, 2.75) is 20.0 Å². The third kappa shape index (κ3) is 3.19. The summed E-state index contributed by atoms with van der Waals surface area (Å²) in [5, 5.41) is 4.41. The van der Waals surface area contributed by atoms with Crippen LogP contribution in [0, 0.1) is 12.8 Å². The van der Waals surface area contributed by atoms with E-state index in [0.717, 1.165) is 11.3 Å². The first kappa shape index (κ1) is 13.9. The van der Waals surface area contributed by atoms with E-state index in [1.54, 1.807) is 19.1 Å². The Hall–Kier alpha value is -2.01. The van der Waals surface area contributed by atoms with E-state index < -0.39 is 0 Å². The van der Waals surface area contributed by atoms with Crippen molar-refractivity contribution in [3.63, 3.8) is 0 Å². The maximum atomic E-state index is 12.1. The van der Waals surface area contributed by atoms with Crippen molar-refractivity contribution in [2.75, 3.05) is 6.61 Å². The number of rotatable bonds is 3. The summed E-state index contributed by atoms with van der Waals surface area (Å²) in [6.45, 7) is 2.20. The first-order valence-corrected chi connectivity index (χ1v) is 6.99. The zero-order valence-corrected chi connectivity index (χ0v) is 12.2. The van der Waals surface area contributed by atoms with Crippen LogP contribution in [0.4, 0.5) is 0 Å². The molecule has 1 aromatic carbocycles. The summed E-state index contributed by atoms with van der Waals surface area (Å²) in [4.78, 5) is 12.1. The SMILES string of the molecule is Cc1cc(COC(=O)[C@@H]2COc3ccc(Cl)cc3C2)no1. The fraction of sp³-hybridized carbons (Fsp3) is 0.333. The number of carbonyl (C=O) groups is 1. The van der Waals surface area contributed by atoms with Gasteiger partial charge in [0.2, 0.25) is 0 Å². The number of ether oxygens (including phenoxy) is 2. The molecule has 0 fully saturated rings. The Morgan fingerprint density at radius 1 is 1.48 bits per heavy atom. The van der Waals surface area contributed by atoms with Crippen LogP contribution in [0.3, 0.4) is 0 Å². The normalized spacial score (nSPS) is 17.0. The van der Waals surface area contributed by atoms with E-state index in [0.29, 0.717) is 29.5 Å². The van der Waals surface area contributed by atoms with Gasteiger partial charge in [0.1, 0.15) is 30.4 Å². The maximum Gasteiger partial charge on any atom is 0.313 e. The van der Waals surface area contributed by atoms with Gasteiger partial charge in [0.15, 0.2) is 0 Å². The van der Waals surface area contributed by atoms with Crippen LogP contribution >= 0.6 is 11.6 Å². The molecule has 0 aliphatic carbocycles. The molecule has 1 aliphatic rings. The number of halogens is 1. The van der Waals surface area contributed by atoms with Gasteiger partial charge in [0, 0.05) is 11.1 Å². The Morgan fingerprint density at radius 2 is 2.33 bits per heavy atom. The number of nitrogens with zero attached hydrogens (tertiary/aromatic N) is 1.